The number of fused-ring (bicyclic) bond motifs is 3. The van der Waals surface area contributed by atoms with E-state index in [1.54, 1.807) is 12.7 Å². The molecular weight excluding hydrogens is 368 g/mol. The van der Waals surface area contributed by atoms with Crippen LogP contribution >= 0.6 is 0 Å². The Labute approximate surface area is 171 Å². The molecule has 1 aliphatic heterocycles. The third-order valence-corrected chi connectivity index (χ3v) is 6.70. The van der Waals surface area contributed by atoms with E-state index in [1.165, 1.54) is 0 Å². The highest BCUT2D eigenvalue weighted by atomic mass is 16.8. The summed E-state index contributed by atoms with van der Waals surface area (Å²) in [4.78, 5) is 15.4. The maximum atomic E-state index is 6.43. The SMILES string of the molecule is CNC1CC2(C1)C[C@@H](n1ccc3c(/N=C/N(C)C)ncnc31)[C@@H]1OC(C)(C)O[C@@H]12. The van der Waals surface area contributed by atoms with Crippen LogP contribution in [0.1, 0.15) is 39.2 Å². The molecule has 0 amide bonds. The van der Waals surface area contributed by atoms with E-state index in [9.17, 15) is 0 Å². The van der Waals surface area contributed by atoms with Gasteiger partial charge in [0, 0.05) is 31.7 Å². The highest BCUT2D eigenvalue weighted by Gasteiger charge is 2.65. The topological polar surface area (TPSA) is 76.8 Å². The van der Waals surface area contributed by atoms with Crippen LogP contribution < -0.4 is 5.32 Å². The Morgan fingerprint density at radius 2 is 2.03 bits per heavy atom. The Morgan fingerprint density at radius 1 is 1.24 bits per heavy atom. The van der Waals surface area contributed by atoms with Gasteiger partial charge in [0.05, 0.1) is 23.9 Å². The zero-order valence-corrected chi connectivity index (χ0v) is 17.8. The van der Waals surface area contributed by atoms with E-state index in [0.29, 0.717) is 11.9 Å². The molecule has 3 fully saturated rings. The van der Waals surface area contributed by atoms with Crippen LogP contribution in [0, 0.1) is 5.41 Å². The summed E-state index contributed by atoms with van der Waals surface area (Å²) < 4.78 is 15.1. The summed E-state index contributed by atoms with van der Waals surface area (Å²) in [7, 11) is 5.94. The summed E-state index contributed by atoms with van der Waals surface area (Å²) in [6.45, 7) is 4.04. The van der Waals surface area contributed by atoms with Crippen LogP contribution in [-0.2, 0) is 9.47 Å². The van der Waals surface area contributed by atoms with Crippen molar-refractivity contribution in [2.75, 3.05) is 21.1 Å². The van der Waals surface area contributed by atoms with Crippen molar-refractivity contribution in [2.24, 2.45) is 10.4 Å². The van der Waals surface area contributed by atoms with Crippen molar-refractivity contribution in [3.63, 3.8) is 0 Å². The molecule has 2 aromatic rings. The number of hydrogen-bond acceptors (Lipinski definition) is 6. The molecule has 5 rings (SSSR count). The average Bonchev–Trinajstić information content (AvgIpc) is 3.28. The second-order valence-electron chi connectivity index (χ2n) is 9.41. The fraction of sp³-hybridized carbons (Fsp3) is 0.667. The van der Waals surface area contributed by atoms with E-state index in [4.69, 9.17) is 9.47 Å². The van der Waals surface area contributed by atoms with Crippen LogP contribution in [0.5, 0.6) is 0 Å². The predicted molar refractivity (Wildman–Crippen MR) is 111 cm³/mol. The van der Waals surface area contributed by atoms with E-state index in [-0.39, 0.29) is 23.7 Å². The van der Waals surface area contributed by atoms with Crippen LogP contribution in [0.15, 0.2) is 23.6 Å². The van der Waals surface area contributed by atoms with Crippen LogP contribution in [0.25, 0.3) is 11.0 Å². The maximum Gasteiger partial charge on any atom is 0.166 e. The Morgan fingerprint density at radius 3 is 2.76 bits per heavy atom. The zero-order valence-electron chi connectivity index (χ0n) is 17.8. The van der Waals surface area contributed by atoms with Gasteiger partial charge in [0.2, 0.25) is 0 Å². The summed E-state index contributed by atoms with van der Waals surface area (Å²) in [5, 5.41) is 4.38. The lowest BCUT2D eigenvalue weighted by molar-refractivity contribution is -0.178. The highest BCUT2D eigenvalue weighted by molar-refractivity contribution is 5.87. The average molecular weight is 399 g/mol. The van der Waals surface area contributed by atoms with Gasteiger partial charge >= 0.3 is 0 Å². The quantitative estimate of drug-likeness (QED) is 0.630. The zero-order chi connectivity index (χ0) is 20.4. The van der Waals surface area contributed by atoms with Crippen LogP contribution in [0.3, 0.4) is 0 Å². The molecule has 0 bridgehead atoms. The number of nitrogens with zero attached hydrogens (tertiary/aromatic N) is 5. The molecule has 3 heterocycles. The first kappa shape index (κ1) is 19.0. The predicted octanol–water partition coefficient (Wildman–Crippen LogP) is 2.49. The van der Waals surface area contributed by atoms with E-state index < -0.39 is 5.79 Å². The third-order valence-electron chi connectivity index (χ3n) is 6.70. The van der Waals surface area contributed by atoms with Gasteiger partial charge in [0.15, 0.2) is 11.6 Å². The van der Waals surface area contributed by atoms with Gasteiger partial charge in [-0.15, -0.1) is 0 Å². The van der Waals surface area contributed by atoms with Gasteiger partial charge in [-0.3, -0.25) is 0 Å². The first-order chi connectivity index (χ1) is 13.8. The molecule has 29 heavy (non-hydrogen) atoms. The summed E-state index contributed by atoms with van der Waals surface area (Å²) in [5.41, 5.74) is 1.08. The van der Waals surface area contributed by atoms with Gasteiger partial charge in [-0.25, -0.2) is 15.0 Å². The molecule has 2 saturated carbocycles. The normalized spacial score (nSPS) is 35.5. The fourth-order valence-electron chi connectivity index (χ4n) is 5.47. The molecule has 1 N–H and O–H groups in total. The Hall–Kier alpha value is -2.03. The number of aromatic nitrogens is 3. The molecule has 3 atom stereocenters. The number of rotatable bonds is 4. The Kier molecular flexibility index (Phi) is 4.24. The molecule has 0 unspecified atom stereocenters. The largest absolute Gasteiger partial charge is 0.369 e. The highest BCUT2D eigenvalue weighted by Crippen LogP contribution is 2.62. The molecule has 1 saturated heterocycles. The number of aliphatic imine (C=N–C) groups is 1. The van der Waals surface area contributed by atoms with Crippen molar-refractivity contribution in [1.82, 2.24) is 24.8 Å². The van der Waals surface area contributed by atoms with Crippen LogP contribution in [0.2, 0.25) is 0 Å². The molecule has 2 aromatic heterocycles. The number of ether oxygens (including phenoxy) is 2. The molecule has 0 aromatic carbocycles. The lowest BCUT2D eigenvalue weighted by Gasteiger charge is -2.48. The second-order valence-corrected chi connectivity index (χ2v) is 9.41. The van der Waals surface area contributed by atoms with Crippen molar-refractivity contribution in [1.29, 1.82) is 0 Å². The van der Waals surface area contributed by atoms with E-state index in [1.807, 2.05) is 39.9 Å². The van der Waals surface area contributed by atoms with Crippen molar-refractivity contribution in [3.05, 3.63) is 18.6 Å². The lowest BCUT2D eigenvalue weighted by Crippen LogP contribution is -2.53. The van der Waals surface area contributed by atoms with E-state index in [2.05, 4.69) is 37.1 Å². The summed E-state index contributed by atoms with van der Waals surface area (Å²) in [5.74, 6) is 0.139. The third kappa shape index (κ3) is 2.96. The lowest BCUT2D eigenvalue weighted by atomic mass is 9.63. The molecular formula is C21H30N6O2. The van der Waals surface area contributed by atoms with E-state index >= 15 is 0 Å². The Balaban J connectivity index is 1.52. The number of nitrogens with one attached hydrogen (secondary N) is 1. The molecule has 8 nitrogen and oxygen atoms in total. The van der Waals surface area contributed by atoms with Gasteiger partial charge in [-0.2, -0.15) is 0 Å². The molecule has 2 aliphatic carbocycles. The maximum absolute atomic E-state index is 6.43. The monoisotopic (exact) mass is 398 g/mol. The molecule has 156 valence electrons. The summed E-state index contributed by atoms with van der Waals surface area (Å²) >= 11 is 0. The first-order valence-corrected chi connectivity index (χ1v) is 10.4. The Bertz CT molecular complexity index is 946. The van der Waals surface area contributed by atoms with Crippen molar-refractivity contribution < 1.29 is 9.47 Å². The van der Waals surface area contributed by atoms with Gasteiger partial charge in [0.1, 0.15) is 18.1 Å². The van der Waals surface area contributed by atoms with Gasteiger partial charge in [-0.1, -0.05) is 0 Å². The molecule has 8 heteroatoms. The van der Waals surface area contributed by atoms with Crippen LogP contribution in [-0.4, -0.2) is 71.0 Å². The van der Waals surface area contributed by atoms with Gasteiger partial charge < -0.3 is 24.3 Å². The minimum Gasteiger partial charge on any atom is -0.369 e. The minimum atomic E-state index is -0.551. The van der Waals surface area contributed by atoms with Crippen LogP contribution in [0.4, 0.5) is 5.82 Å². The number of hydrogen-bond donors (Lipinski definition) is 1. The molecule has 1 spiro atoms. The van der Waals surface area contributed by atoms with Crippen molar-refractivity contribution >= 4 is 23.2 Å². The van der Waals surface area contributed by atoms with Gasteiger partial charge in [-0.05, 0) is 46.2 Å². The fourth-order valence-corrected chi connectivity index (χ4v) is 5.47. The first-order valence-electron chi connectivity index (χ1n) is 10.4. The van der Waals surface area contributed by atoms with E-state index in [0.717, 1.165) is 30.3 Å². The van der Waals surface area contributed by atoms with Crippen molar-refractivity contribution in [3.8, 4) is 0 Å². The minimum absolute atomic E-state index is 0.0297. The second kappa shape index (κ2) is 6.48. The molecule has 3 aliphatic rings. The summed E-state index contributed by atoms with van der Waals surface area (Å²) in [6.07, 6.45) is 8.93. The summed E-state index contributed by atoms with van der Waals surface area (Å²) in [6, 6.07) is 2.82. The van der Waals surface area contributed by atoms with Gasteiger partial charge in [0.25, 0.3) is 0 Å². The van der Waals surface area contributed by atoms with Crippen molar-refractivity contribution in [2.45, 2.75) is 63.2 Å². The standard InChI is InChI=1S/C21H30N6O2/c1-20(2)28-16-15(10-21(17(16)29-20)8-13(9-21)22-3)27-7-6-14-18(25-12-26(4)5)23-11-24-19(14)27/h6-7,11-13,15-17,22H,8-10H2,1-5H3/b25-12+/t13?,15-,16+,17+,21?/m1/s1. The smallest absolute Gasteiger partial charge is 0.166 e. The molecule has 0 radical (unpaired) electrons.